The van der Waals surface area contributed by atoms with Crippen molar-refractivity contribution in [3.63, 3.8) is 0 Å². The molecule has 1 aromatic heterocycles. The SMILES string of the molecule is CC1CCCC(C(N)Cc2ccsc2)(N(C)C)C1. The van der Waals surface area contributed by atoms with Crippen LogP contribution in [0.3, 0.4) is 0 Å². The Bertz CT molecular complexity index is 361. The fourth-order valence-electron chi connectivity index (χ4n) is 3.49. The second kappa shape index (κ2) is 5.72. The van der Waals surface area contributed by atoms with E-state index < -0.39 is 0 Å². The van der Waals surface area contributed by atoms with Crippen molar-refractivity contribution < 1.29 is 0 Å². The van der Waals surface area contributed by atoms with E-state index in [-0.39, 0.29) is 11.6 Å². The van der Waals surface area contributed by atoms with E-state index in [1.54, 1.807) is 11.3 Å². The molecule has 3 heteroatoms. The smallest absolute Gasteiger partial charge is 0.0360 e. The highest BCUT2D eigenvalue weighted by molar-refractivity contribution is 7.07. The third kappa shape index (κ3) is 2.79. The first-order valence-electron chi connectivity index (χ1n) is 6.98. The summed E-state index contributed by atoms with van der Waals surface area (Å²) in [5, 5.41) is 4.38. The first kappa shape index (κ1) is 14.0. The molecule has 1 saturated carbocycles. The fourth-order valence-corrected chi connectivity index (χ4v) is 4.17. The van der Waals surface area contributed by atoms with Gasteiger partial charge in [0.2, 0.25) is 0 Å². The van der Waals surface area contributed by atoms with Gasteiger partial charge in [-0.3, -0.25) is 0 Å². The highest BCUT2D eigenvalue weighted by Crippen LogP contribution is 2.38. The molecule has 18 heavy (non-hydrogen) atoms. The zero-order valence-electron chi connectivity index (χ0n) is 11.9. The largest absolute Gasteiger partial charge is 0.326 e. The van der Waals surface area contributed by atoms with Crippen molar-refractivity contribution >= 4 is 11.3 Å². The lowest BCUT2D eigenvalue weighted by atomic mass is 9.70. The van der Waals surface area contributed by atoms with Crippen molar-refractivity contribution in [1.29, 1.82) is 0 Å². The maximum absolute atomic E-state index is 6.60. The number of thiophene rings is 1. The van der Waals surface area contributed by atoms with Gasteiger partial charge in [-0.15, -0.1) is 0 Å². The van der Waals surface area contributed by atoms with Crippen LogP contribution in [0.1, 0.15) is 38.2 Å². The lowest BCUT2D eigenvalue weighted by Gasteiger charge is -2.49. The van der Waals surface area contributed by atoms with Gasteiger partial charge in [-0.1, -0.05) is 19.8 Å². The van der Waals surface area contributed by atoms with Gasteiger partial charge in [0.15, 0.2) is 0 Å². The molecule has 2 nitrogen and oxygen atoms in total. The highest BCUT2D eigenvalue weighted by atomic mass is 32.1. The van der Waals surface area contributed by atoms with E-state index in [0.717, 1.165) is 12.3 Å². The molecule has 3 unspecified atom stereocenters. The third-order valence-electron chi connectivity index (χ3n) is 4.63. The van der Waals surface area contributed by atoms with Crippen molar-refractivity contribution in [2.24, 2.45) is 11.7 Å². The molecule has 0 aromatic carbocycles. The summed E-state index contributed by atoms with van der Waals surface area (Å²) in [4.78, 5) is 2.39. The Kier molecular flexibility index (Phi) is 4.46. The Labute approximate surface area is 115 Å². The van der Waals surface area contributed by atoms with Crippen LogP contribution in [0.2, 0.25) is 0 Å². The summed E-state index contributed by atoms with van der Waals surface area (Å²) >= 11 is 1.77. The van der Waals surface area contributed by atoms with Gasteiger partial charge >= 0.3 is 0 Å². The molecule has 102 valence electrons. The molecule has 2 rings (SSSR count). The summed E-state index contributed by atoms with van der Waals surface area (Å²) in [6.45, 7) is 2.37. The lowest BCUT2D eigenvalue weighted by Crippen LogP contribution is -2.60. The van der Waals surface area contributed by atoms with E-state index in [1.807, 2.05) is 0 Å². The summed E-state index contributed by atoms with van der Waals surface area (Å²) in [6.07, 6.45) is 6.17. The van der Waals surface area contributed by atoms with E-state index in [2.05, 4.69) is 42.7 Å². The van der Waals surface area contributed by atoms with Crippen molar-refractivity contribution in [2.75, 3.05) is 14.1 Å². The molecule has 1 aliphatic carbocycles. The Balaban J connectivity index is 2.13. The van der Waals surface area contributed by atoms with Gasteiger partial charge in [0.05, 0.1) is 0 Å². The molecule has 1 heterocycles. The van der Waals surface area contributed by atoms with Gasteiger partial charge in [0, 0.05) is 11.6 Å². The second-order valence-corrected chi connectivity index (χ2v) is 6.92. The molecular weight excluding hydrogens is 240 g/mol. The monoisotopic (exact) mass is 266 g/mol. The van der Waals surface area contributed by atoms with Crippen LogP contribution in [0, 0.1) is 5.92 Å². The number of hydrogen-bond donors (Lipinski definition) is 1. The molecule has 1 aliphatic rings. The Morgan fingerprint density at radius 3 is 2.89 bits per heavy atom. The Hall–Kier alpha value is -0.380. The van der Waals surface area contributed by atoms with Crippen molar-refractivity contribution in [3.05, 3.63) is 22.4 Å². The maximum atomic E-state index is 6.60. The molecule has 3 atom stereocenters. The first-order chi connectivity index (χ1) is 8.54. The molecular formula is C15H26N2S. The molecule has 2 N–H and O–H groups in total. The Morgan fingerprint density at radius 2 is 2.33 bits per heavy atom. The molecule has 0 aliphatic heterocycles. The van der Waals surface area contributed by atoms with Crippen LogP contribution in [0.5, 0.6) is 0 Å². The van der Waals surface area contributed by atoms with Crippen molar-refractivity contribution in [2.45, 2.75) is 50.6 Å². The quantitative estimate of drug-likeness (QED) is 0.907. The lowest BCUT2D eigenvalue weighted by molar-refractivity contribution is 0.0504. The maximum Gasteiger partial charge on any atom is 0.0360 e. The van der Waals surface area contributed by atoms with Crippen LogP contribution >= 0.6 is 11.3 Å². The fraction of sp³-hybridized carbons (Fsp3) is 0.733. The summed E-state index contributed by atoms with van der Waals surface area (Å²) < 4.78 is 0. The minimum absolute atomic E-state index is 0.194. The summed E-state index contributed by atoms with van der Waals surface area (Å²) in [7, 11) is 4.40. The standard InChI is InChI=1S/C15H26N2S/c1-12-5-4-7-15(10-12,17(2)3)14(16)9-13-6-8-18-11-13/h6,8,11-12,14H,4-5,7,9-10,16H2,1-3H3. The molecule has 0 radical (unpaired) electrons. The number of rotatable bonds is 4. The number of nitrogens with two attached hydrogens (primary N) is 1. The first-order valence-corrected chi connectivity index (χ1v) is 7.93. The topological polar surface area (TPSA) is 29.3 Å². The van der Waals surface area contributed by atoms with E-state index in [1.165, 1.54) is 31.2 Å². The van der Waals surface area contributed by atoms with Gasteiger partial charge in [-0.25, -0.2) is 0 Å². The Morgan fingerprint density at radius 1 is 1.56 bits per heavy atom. The van der Waals surface area contributed by atoms with E-state index >= 15 is 0 Å². The van der Waals surface area contributed by atoms with Crippen LogP contribution in [0.25, 0.3) is 0 Å². The van der Waals surface area contributed by atoms with E-state index in [9.17, 15) is 0 Å². The molecule has 0 spiro atoms. The van der Waals surface area contributed by atoms with Gasteiger partial charge in [-0.2, -0.15) is 11.3 Å². The highest BCUT2D eigenvalue weighted by Gasteiger charge is 2.41. The predicted octanol–water partition coefficient (Wildman–Crippen LogP) is 3.13. The second-order valence-electron chi connectivity index (χ2n) is 6.14. The van der Waals surface area contributed by atoms with Crippen LogP contribution < -0.4 is 5.73 Å². The minimum atomic E-state index is 0.194. The average Bonchev–Trinajstić information content (AvgIpc) is 2.81. The molecule has 0 saturated heterocycles. The average molecular weight is 266 g/mol. The normalized spacial score (nSPS) is 30.6. The van der Waals surface area contributed by atoms with Crippen LogP contribution in [-0.2, 0) is 6.42 Å². The minimum Gasteiger partial charge on any atom is -0.326 e. The number of nitrogens with zero attached hydrogens (tertiary/aromatic N) is 1. The molecule has 0 amide bonds. The van der Waals surface area contributed by atoms with E-state index in [4.69, 9.17) is 5.73 Å². The van der Waals surface area contributed by atoms with Gasteiger partial charge < -0.3 is 10.6 Å². The molecule has 1 aromatic rings. The third-order valence-corrected chi connectivity index (χ3v) is 5.36. The number of likely N-dealkylation sites (N-methyl/N-ethyl adjacent to an activating group) is 1. The van der Waals surface area contributed by atoms with Crippen molar-refractivity contribution in [3.8, 4) is 0 Å². The summed E-state index contributed by atoms with van der Waals surface area (Å²) in [5.74, 6) is 0.801. The predicted molar refractivity (Wildman–Crippen MR) is 80.0 cm³/mol. The zero-order valence-corrected chi connectivity index (χ0v) is 12.7. The van der Waals surface area contributed by atoms with Crippen LogP contribution in [0.15, 0.2) is 16.8 Å². The summed E-state index contributed by atoms with van der Waals surface area (Å²) in [5.41, 5.74) is 8.19. The molecule has 0 bridgehead atoms. The summed E-state index contributed by atoms with van der Waals surface area (Å²) in [6, 6.07) is 2.45. The van der Waals surface area contributed by atoms with Gasteiger partial charge in [-0.05, 0) is 61.7 Å². The van der Waals surface area contributed by atoms with E-state index in [0.29, 0.717) is 0 Å². The van der Waals surface area contributed by atoms with Gasteiger partial charge in [0.1, 0.15) is 0 Å². The van der Waals surface area contributed by atoms with Crippen LogP contribution in [0.4, 0.5) is 0 Å². The van der Waals surface area contributed by atoms with Gasteiger partial charge in [0.25, 0.3) is 0 Å². The number of hydrogen-bond acceptors (Lipinski definition) is 3. The van der Waals surface area contributed by atoms with Crippen molar-refractivity contribution in [1.82, 2.24) is 4.90 Å². The zero-order chi connectivity index (χ0) is 13.2. The van der Waals surface area contributed by atoms with Crippen LogP contribution in [-0.4, -0.2) is 30.6 Å². The molecule has 1 fully saturated rings.